The van der Waals surface area contributed by atoms with Crippen LogP contribution in [0, 0.1) is 0 Å². The highest BCUT2D eigenvalue weighted by Crippen LogP contribution is 1.95. The van der Waals surface area contributed by atoms with Gasteiger partial charge in [-0.05, 0) is 12.5 Å². The standard InChI is InChI=1S/C8H14N2O.C2H6/c1-3-8-4-5-10(9-8)6-7-11-2;1-2/h4-5H,3,6-7H2,1-2H3;1-2H3. The second-order valence-corrected chi connectivity index (χ2v) is 2.42. The van der Waals surface area contributed by atoms with Crippen LogP contribution in [0.4, 0.5) is 0 Å². The van der Waals surface area contributed by atoms with Crippen molar-refractivity contribution in [1.29, 1.82) is 0 Å². The monoisotopic (exact) mass is 184 g/mol. The Labute approximate surface area is 80.7 Å². The average molecular weight is 184 g/mol. The molecule has 0 aromatic carbocycles. The van der Waals surface area contributed by atoms with E-state index in [-0.39, 0.29) is 0 Å². The fourth-order valence-corrected chi connectivity index (χ4v) is 0.902. The van der Waals surface area contributed by atoms with E-state index < -0.39 is 0 Å². The summed E-state index contributed by atoms with van der Waals surface area (Å²) in [7, 11) is 1.70. The first-order valence-corrected chi connectivity index (χ1v) is 4.88. The minimum absolute atomic E-state index is 0.727. The number of methoxy groups -OCH3 is 1. The average Bonchev–Trinajstić information content (AvgIpc) is 2.65. The largest absolute Gasteiger partial charge is 0.383 e. The predicted octanol–water partition coefficient (Wildman–Crippen LogP) is 2.12. The molecule has 0 unspecified atom stereocenters. The van der Waals surface area contributed by atoms with Crippen molar-refractivity contribution >= 4 is 0 Å². The van der Waals surface area contributed by atoms with Crippen LogP contribution >= 0.6 is 0 Å². The van der Waals surface area contributed by atoms with E-state index in [1.807, 2.05) is 30.8 Å². The summed E-state index contributed by atoms with van der Waals surface area (Å²) in [5.74, 6) is 0. The molecule has 1 rings (SSSR count). The second kappa shape index (κ2) is 7.80. The molecule has 13 heavy (non-hydrogen) atoms. The lowest BCUT2D eigenvalue weighted by Crippen LogP contribution is -2.04. The molecule has 76 valence electrons. The van der Waals surface area contributed by atoms with Crippen LogP contribution in [0.15, 0.2) is 12.3 Å². The highest BCUT2D eigenvalue weighted by atomic mass is 16.5. The smallest absolute Gasteiger partial charge is 0.0658 e. The Morgan fingerprint density at radius 2 is 2.15 bits per heavy atom. The van der Waals surface area contributed by atoms with E-state index >= 15 is 0 Å². The van der Waals surface area contributed by atoms with E-state index in [1.165, 1.54) is 0 Å². The summed E-state index contributed by atoms with van der Waals surface area (Å²) < 4.78 is 6.83. The van der Waals surface area contributed by atoms with Crippen LogP contribution in [-0.4, -0.2) is 23.5 Å². The molecule has 3 nitrogen and oxygen atoms in total. The number of aromatic nitrogens is 2. The summed E-state index contributed by atoms with van der Waals surface area (Å²) in [5.41, 5.74) is 1.14. The number of nitrogens with zero attached hydrogens (tertiary/aromatic N) is 2. The Balaban J connectivity index is 0.000000671. The second-order valence-electron chi connectivity index (χ2n) is 2.42. The van der Waals surface area contributed by atoms with Gasteiger partial charge in [-0.1, -0.05) is 20.8 Å². The molecule has 1 aromatic rings. The van der Waals surface area contributed by atoms with Gasteiger partial charge in [-0.25, -0.2) is 0 Å². The van der Waals surface area contributed by atoms with E-state index in [1.54, 1.807) is 7.11 Å². The molecule has 0 saturated heterocycles. The van der Waals surface area contributed by atoms with Crippen molar-refractivity contribution in [3.05, 3.63) is 18.0 Å². The lowest BCUT2D eigenvalue weighted by molar-refractivity contribution is 0.183. The molecule has 0 saturated carbocycles. The van der Waals surface area contributed by atoms with Gasteiger partial charge < -0.3 is 4.74 Å². The topological polar surface area (TPSA) is 27.1 Å². The molecule has 1 aromatic heterocycles. The number of hydrogen-bond donors (Lipinski definition) is 0. The quantitative estimate of drug-likeness (QED) is 0.716. The molecule has 0 atom stereocenters. The summed E-state index contributed by atoms with van der Waals surface area (Å²) in [4.78, 5) is 0. The number of ether oxygens (including phenoxy) is 1. The van der Waals surface area contributed by atoms with Crippen molar-refractivity contribution in [1.82, 2.24) is 9.78 Å². The van der Waals surface area contributed by atoms with E-state index in [0.717, 1.165) is 25.3 Å². The first kappa shape index (κ1) is 12.2. The molecule has 1 heterocycles. The van der Waals surface area contributed by atoms with Crippen molar-refractivity contribution in [2.24, 2.45) is 0 Å². The van der Waals surface area contributed by atoms with Crippen LogP contribution in [0.5, 0.6) is 0 Å². The van der Waals surface area contributed by atoms with Gasteiger partial charge in [-0.2, -0.15) is 5.10 Å². The fourth-order valence-electron chi connectivity index (χ4n) is 0.902. The molecule has 0 N–H and O–H groups in total. The van der Waals surface area contributed by atoms with Crippen molar-refractivity contribution in [3.63, 3.8) is 0 Å². The molecule has 0 aliphatic rings. The number of hydrogen-bond acceptors (Lipinski definition) is 2. The minimum atomic E-state index is 0.727. The third-order valence-electron chi connectivity index (χ3n) is 1.58. The van der Waals surface area contributed by atoms with Gasteiger partial charge in [0.15, 0.2) is 0 Å². The van der Waals surface area contributed by atoms with Gasteiger partial charge in [0.25, 0.3) is 0 Å². The van der Waals surface area contributed by atoms with Crippen LogP contribution in [0.2, 0.25) is 0 Å². The van der Waals surface area contributed by atoms with E-state index in [2.05, 4.69) is 12.0 Å². The fraction of sp³-hybridized carbons (Fsp3) is 0.700. The lowest BCUT2D eigenvalue weighted by Gasteiger charge is -1.98. The maximum absolute atomic E-state index is 4.93. The van der Waals surface area contributed by atoms with E-state index in [4.69, 9.17) is 4.74 Å². The lowest BCUT2D eigenvalue weighted by atomic mass is 10.4. The van der Waals surface area contributed by atoms with E-state index in [9.17, 15) is 0 Å². The molecule has 0 radical (unpaired) electrons. The van der Waals surface area contributed by atoms with Gasteiger partial charge in [0.05, 0.1) is 18.8 Å². The van der Waals surface area contributed by atoms with Crippen molar-refractivity contribution in [2.45, 2.75) is 33.7 Å². The van der Waals surface area contributed by atoms with Crippen LogP contribution in [0.3, 0.4) is 0 Å². The number of rotatable bonds is 4. The predicted molar refractivity (Wildman–Crippen MR) is 54.8 cm³/mol. The number of aryl methyl sites for hydroxylation is 1. The van der Waals surface area contributed by atoms with Crippen LogP contribution in [0.1, 0.15) is 26.5 Å². The summed E-state index contributed by atoms with van der Waals surface area (Å²) in [6.45, 7) is 7.67. The van der Waals surface area contributed by atoms with Crippen LogP contribution in [-0.2, 0) is 17.7 Å². The Morgan fingerprint density at radius 1 is 1.46 bits per heavy atom. The molecule has 0 aliphatic carbocycles. The van der Waals surface area contributed by atoms with Gasteiger partial charge in [-0.3, -0.25) is 4.68 Å². The Bertz CT molecular complexity index is 208. The zero-order valence-corrected chi connectivity index (χ0v) is 9.08. The molecule has 0 spiro atoms. The molecule has 0 bridgehead atoms. The molecule has 0 fully saturated rings. The van der Waals surface area contributed by atoms with Crippen molar-refractivity contribution < 1.29 is 4.74 Å². The first-order valence-electron chi connectivity index (χ1n) is 4.88. The van der Waals surface area contributed by atoms with Crippen LogP contribution < -0.4 is 0 Å². The zero-order valence-electron chi connectivity index (χ0n) is 9.08. The van der Waals surface area contributed by atoms with Gasteiger partial charge in [-0.15, -0.1) is 0 Å². The maximum atomic E-state index is 4.93. The summed E-state index contributed by atoms with van der Waals surface area (Å²) in [6, 6.07) is 2.04. The highest BCUT2D eigenvalue weighted by molar-refractivity contribution is 4.97. The van der Waals surface area contributed by atoms with E-state index in [0.29, 0.717) is 0 Å². The molecular weight excluding hydrogens is 164 g/mol. The Kier molecular flexibility index (Phi) is 7.30. The molecule has 3 heteroatoms. The Morgan fingerprint density at radius 3 is 2.62 bits per heavy atom. The van der Waals surface area contributed by atoms with Gasteiger partial charge in [0, 0.05) is 13.3 Å². The normalized spacial score (nSPS) is 9.23. The van der Waals surface area contributed by atoms with Crippen molar-refractivity contribution in [2.75, 3.05) is 13.7 Å². The minimum Gasteiger partial charge on any atom is -0.383 e. The van der Waals surface area contributed by atoms with Gasteiger partial charge in [0.1, 0.15) is 0 Å². The summed E-state index contributed by atoms with van der Waals surface area (Å²) in [5, 5.41) is 4.30. The third-order valence-corrected chi connectivity index (χ3v) is 1.58. The van der Waals surface area contributed by atoms with Crippen LogP contribution in [0.25, 0.3) is 0 Å². The maximum Gasteiger partial charge on any atom is 0.0658 e. The zero-order chi connectivity index (χ0) is 10.1. The first-order chi connectivity index (χ1) is 6.36. The molecular formula is C10H20N2O. The molecule has 0 amide bonds. The SMILES string of the molecule is CC.CCc1ccn(CCOC)n1. The van der Waals surface area contributed by atoms with Gasteiger partial charge in [0.2, 0.25) is 0 Å². The highest BCUT2D eigenvalue weighted by Gasteiger charge is 1.94. The summed E-state index contributed by atoms with van der Waals surface area (Å²) in [6.07, 6.45) is 2.98. The third kappa shape index (κ3) is 4.68. The molecule has 0 aliphatic heterocycles. The Hall–Kier alpha value is -0.830. The summed E-state index contributed by atoms with van der Waals surface area (Å²) >= 11 is 0. The van der Waals surface area contributed by atoms with Crippen molar-refractivity contribution in [3.8, 4) is 0 Å². The van der Waals surface area contributed by atoms with Gasteiger partial charge >= 0.3 is 0 Å².